The molecule has 114 valence electrons. The van der Waals surface area contributed by atoms with Gasteiger partial charge in [-0.15, -0.1) is 0 Å². The number of carbonyl (C=O) groups excluding carboxylic acids is 2. The number of aromatic amines is 1. The highest BCUT2D eigenvalue weighted by molar-refractivity contribution is 6.04. The van der Waals surface area contributed by atoms with E-state index in [1.165, 1.54) is 7.11 Å². The van der Waals surface area contributed by atoms with E-state index in [2.05, 4.69) is 25.6 Å². The summed E-state index contributed by atoms with van der Waals surface area (Å²) in [5, 5.41) is 13.0. The van der Waals surface area contributed by atoms with Crippen molar-refractivity contribution in [3.8, 4) is 0 Å². The normalized spacial score (nSPS) is 13.3. The number of hydrogen-bond acceptors (Lipinski definition) is 5. The molecule has 3 rings (SSSR count). The first kappa shape index (κ1) is 14.3. The summed E-state index contributed by atoms with van der Waals surface area (Å²) in [7, 11) is 1.32. The van der Waals surface area contributed by atoms with Crippen molar-refractivity contribution in [1.29, 1.82) is 0 Å². The highest BCUT2D eigenvalue weighted by Crippen LogP contribution is 2.18. The number of benzene rings is 1. The maximum Gasteiger partial charge on any atom is 0.337 e. The van der Waals surface area contributed by atoms with Crippen molar-refractivity contribution in [2.75, 3.05) is 19.0 Å². The molecule has 0 atom stereocenters. The average Bonchev–Trinajstić information content (AvgIpc) is 2.98. The summed E-state index contributed by atoms with van der Waals surface area (Å²) in [5.74, 6) is -0.749. The smallest absolute Gasteiger partial charge is 0.337 e. The van der Waals surface area contributed by atoms with E-state index >= 15 is 0 Å². The molecule has 0 aliphatic carbocycles. The second kappa shape index (κ2) is 5.98. The van der Waals surface area contributed by atoms with Crippen LogP contribution in [0.25, 0.3) is 0 Å². The summed E-state index contributed by atoms with van der Waals surface area (Å²) in [6.07, 6.45) is 0.827. The van der Waals surface area contributed by atoms with Gasteiger partial charge >= 0.3 is 5.97 Å². The number of fused-ring (bicyclic) bond motifs is 1. The summed E-state index contributed by atoms with van der Waals surface area (Å²) < 4.78 is 4.67. The van der Waals surface area contributed by atoms with Crippen LogP contribution in [0.4, 0.5) is 5.69 Å². The Morgan fingerprint density at radius 3 is 3.05 bits per heavy atom. The van der Waals surface area contributed by atoms with Gasteiger partial charge in [0.15, 0.2) is 5.69 Å². The number of esters is 1. The van der Waals surface area contributed by atoms with Crippen LogP contribution in [0.2, 0.25) is 0 Å². The Morgan fingerprint density at radius 1 is 1.36 bits per heavy atom. The number of nitrogens with zero attached hydrogens (tertiary/aromatic N) is 1. The van der Waals surface area contributed by atoms with Crippen LogP contribution in [-0.4, -0.2) is 35.7 Å². The van der Waals surface area contributed by atoms with Gasteiger partial charge < -0.3 is 15.4 Å². The third-order valence-corrected chi connectivity index (χ3v) is 3.56. The standard InChI is InChI=1S/C15H16N4O3/c1-22-15(21)9-3-2-4-10(7-9)17-14(20)13-11-8-16-6-5-12(11)18-19-13/h2-4,7,16H,5-6,8H2,1H3,(H,17,20)(H,18,19). The molecule has 0 radical (unpaired) electrons. The number of aromatic nitrogens is 2. The Balaban J connectivity index is 1.80. The molecule has 7 nitrogen and oxygen atoms in total. The van der Waals surface area contributed by atoms with Crippen LogP contribution in [-0.2, 0) is 17.7 Å². The van der Waals surface area contributed by atoms with Crippen molar-refractivity contribution < 1.29 is 14.3 Å². The Hall–Kier alpha value is -2.67. The first-order chi connectivity index (χ1) is 10.7. The third kappa shape index (κ3) is 2.71. The topological polar surface area (TPSA) is 96.1 Å². The molecule has 0 bridgehead atoms. The van der Waals surface area contributed by atoms with Gasteiger partial charge in [0.25, 0.3) is 5.91 Å². The molecule has 1 aromatic carbocycles. The summed E-state index contributed by atoms with van der Waals surface area (Å²) in [6, 6.07) is 6.59. The van der Waals surface area contributed by atoms with Crippen LogP contribution >= 0.6 is 0 Å². The number of anilines is 1. The average molecular weight is 300 g/mol. The van der Waals surface area contributed by atoms with Crippen molar-refractivity contribution in [3.05, 3.63) is 46.8 Å². The first-order valence-electron chi connectivity index (χ1n) is 6.95. The largest absolute Gasteiger partial charge is 0.465 e. The summed E-state index contributed by atoms with van der Waals surface area (Å²) >= 11 is 0. The van der Waals surface area contributed by atoms with Crippen molar-refractivity contribution in [3.63, 3.8) is 0 Å². The van der Waals surface area contributed by atoms with Gasteiger partial charge in [0.1, 0.15) is 0 Å². The Morgan fingerprint density at radius 2 is 2.23 bits per heavy atom. The van der Waals surface area contributed by atoms with Gasteiger partial charge in [-0.05, 0) is 18.2 Å². The minimum Gasteiger partial charge on any atom is -0.465 e. The fourth-order valence-electron chi connectivity index (χ4n) is 2.45. The van der Waals surface area contributed by atoms with Crippen LogP contribution in [0.15, 0.2) is 24.3 Å². The zero-order valence-corrected chi connectivity index (χ0v) is 12.1. The van der Waals surface area contributed by atoms with E-state index in [-0.39, 0.29) is 5.91 Å². The van der Waals surface area contributed by atoms with Gasteiger partial charge in [0.05, 0.1) is 12.7 Å². The molecule has 0 saturated carbocycles. The predicted octanol–water partition coefficient (Wildman–Crippen LogP) is 1.09. The number of carbonyl (C=O) groups is 2. The van der Waals surface area contributed by atoms with Crippen LogP contribution in [0.5, 0.6) is 0 Å². The van der Waals surface area contributed by atoms with Gasteiger partial charge in [0.2, 0.25) is 0 Å². The molecular formula is C15H16N4O3. The number of rotatable bonds is 3. The Kier molecular flexibility index (Phi) is 3.88. The lowest BCUT2D eigenvalue weighted by Gasteiger charge is -2.13. The second-order valence-corrected chi connectivity index (χ2v) is 4.98. The molecule has 1 amide bonds. The van der Waals surface area contributed by atoms with Crippen LogP contribution in [0.1, 0.15) is 32.1 Å². The first-order valence-corrected chi connectivity index (χ1v) is 6.95. The lowest BCUT2D eigenvalue weighted by atomic mass is 10.1. The van der Waals surface area contributed by atoms with Gasteiger partial charge in [-0.2, -0.15) is 5.10 Å². The van der Waals surface area contributed by atoms with Gasteiger partial charge in [-0.1, -0.05) is 6.07 Å². The monoisotopic (exact) mass is 300 g/mol. The highest BCUT2D eigenvalue weighted by atomic mass is 16.5. The van der Waals surface area contributed by atoms with Crippen molar-refractivity contribution in [2.24, 2.45) is 0 Å². The lowest BCUT2D eigenvalue weighted by molar-refractivity contribution is 0.0600. The summed E-state index contributed by atoms with van der Waals surface area (Å²) in [5.41, 5.74) is 3.17. The Labute approximate surface area is 127 Å². The van der Waals surface area contributed by atoms with E-state index < -0.39 is 5.97 Å². The minimum absolute atomic E-state index is 0.303. The predicted molar refractivity (Wildman–Crippen MR) is 79.7 cm³/mol. The number of ether oxygens (including phenoxy) is 1. The summed E-state index contributed by atoms with van der Waals surface area (Å²) in [6.45, 7) is 1.49. The van der Waals surface area contributed by atoms with Gasteiger partial charge in [-0.25, -0.2) is 4.79 Å². The van der Waals surface area contributed by atoms with E-state index in [1.54, 1.807) is 24.3 Å². The van der Waals surface area contributed by atoms with E-state index in [4.69, 9.17) is 0 Å². The van der Waals surface area contributed by atoms with Gasteiger partial charge in [0, 0.05) is 36.5 Å². The second-order valence-electron chi connectivity index (χ2n) is 4.98. The molecule has 1 aromatic heterocycles. The number of amides is 1. The van der Waals surface area contributed by atoms with E-state index in [1.807, 2.05) is 0 Å². The molecular weight excluding hydrogens is 284 g/mol. The molecule has 7 heteroatoms. The Bertz CT molecular complexity index is 723. The molecule has 2 aromatic rings. The SMILES string of the molecule is COC(=O)c1cccc(NC(=O)c2n[nH]c3c2CNCC3)c1. The van der Waals surface area contributed by atoms with E-state index in [0.29, 0.717) is 23.5 Å². The van der Waals surface area contributed by atoms with Crippen molar-refractivity contribution >= 4 is 17.6 Å². The molecule has 1 aliphatic rings. The maximum atomic E-state index is 12.4. The fourth-order valence-corrected chi connectivity index (χ4v) is 2.45. The molecule has 0 spiro atoms. The number of methoxy groups -OCH3 is 1. The van der Waals surface area contributed by atoms with Crippen molar-refractivity contribution in [1.82, 2.24) is 15.5 Å². The number of nitrogens with one attached hydrogen (secondary N) is 3. The van der Waals surface area contributed by atoms with E-state index in [9.17, 15) is 9.59 Å². The van der Waals surface area contributed by atoms with Crippen LogP contribution in [0.3, 0.4) is 0 Å². The highest BCUT2D eigenvalue weighted by Gasteiger charge is 2.21. The minimum atomic E-state index is -0.447. The number of hydrogen-bond donors (Lipinski definition) is 3. The molecule has 22 heavy (non-hydrogen) atoms. The zero-order valence-electron chi connectivity index (χ0n) is 12.1. The zero-order chi connectivity index (χ0) is 15.5. The maximum absolute atomic E-state index is 12.4. The van der Waals surface area contributed by atoms with Crippen LogP contribution < -0.4 is 10.6 Å². The molecule has 3 N–H and O–H groups in total. The molecule has 2 heterocycles. The quantitative estimate of drug-likeness (QED) is 0.738. The molecule has 1 aliphatic heterocycles. The van der Waals surface area contributed by atoms with E-state index in [0.717, 1.165) is 24.2 Å². The van der Waals surface area contributed by atoms with Crippen LogP contribution in [0, 0.1) is 0 Å². The molecule has 0 saturated heterocycles. The molecule has 0 fully saturated rings. The van der Waals surface area contributed by atoms with Gasteiger partial charge in [-0.3, -0.25) is 9.89 Å². The third-order valence-electron chi connectivity index (χ3n) is 3.56. The molecule has 0 unspecified atom stereocenters. The van der Waals surface area contributed by atoms with Crippen molar-refractivity contribution in [2.45, 2.75) is 13.0 Å². The number of H-pyrrole nitrogens is 1. The lowest BCUT2D eigenvalue weighted by Crippen LogP contribution is -2.25. The fraction of sp³-hybridized carbons (Fsp3) is 0.267. The summed E-state index contributed by atoms with van der Waals surface area (Å²) in [4.78, 5) is 23.9.